The molecule has 1 rings (SSSR count). The van der Waals surface area contributed by atoms with E-state index in [2.05, 4.69) is 0 Å². The van der Waals surface area contributed by atoms with Gasteiger partial charge in [0.15, 0.2) is 0 Å². The highest BCUT2D eigenvalue weighted by Crippen LogP contribution is 2.32. The largest absolute Gasteiger partial charge is 0.478 e. The van der Waals surface area contributed by atoms with E-state index in [9.17, 15) is 18.0 Å². The van der Waals surface area contributed by atoms with Crippen LogP contribution in [0.2, 0.25) is 0 Å². The van der Waals surface area contributed by atoms with Gasteiger partial charge in [-0.25, -0.2) is 4.79 Å². The van der Waals surface area contributed by atoms with E-state index in [0.717, 1.165) is 25.1 Å². The standard InChI is InChI=1S/C9H7F3O2.ClH/c1-5-6(8(13)14)3-2-4-7(5)9(10,11)12;/h2-4H,1H3,(H,13,14);1H. The van der Waals surface area contributed by atoms with Gasteiger partial charge in [0, 0.05) is 0 Å². The molecule has 0 aliphatic heterocycles. The molecule has 0 saturated carbocycles. The van der Waals surface area contributed by atoms with Crippen LogP contribution in [0.25, 0.3) is 0 Å². The highest BCUT2D eigenvalue weighted by molar-refractivity contribution is 5.89. The molecule has 0 fully saturated rings. The number of halogens is 4. The molecule has 0 aliphatic rings. The lowest BCUT2D eigenvalue weighted by molar-refractivity contribution is -0.138. The van der Waals surface area contributed by atoms with Crippen LogP contribution in [-0.4, -0.2) is 11.1 Å². The third kappa shape index (κ3) is 2.86. The van der Waals surface area contributed by atoms with E-state index in [0.29, 0.717) is 0 Å². The maximum atomic E-state index is 12.3. The van der Waals surface area contributed by atoms with Crippen molar-refractivity contribution in [3.05, 3.63) is 34.9 Å². The van der Waals surface area contributed by atoms with Gasteiger partial charge in [0.2, 0.25) is 0 Å². The number of alkyl halides is 3. The molecule has 1 aromatic carbocycles. The van der Waals surface area contributed by atoms with E-state index in [1.165, 1.54) is 0 Å². The summed E-state index contributed by atoms with van der Waals surface area (Å²) in [6.45, 7) is 1.15. The second-order valence-corrected chi connectivity index (χ2v) is 2.78. The van der Waals surface area contributed by atoms with Gasteiger partial charge >= 0.3 is 12.1 Å². The fourth-order valence-corrected chi connectivity index (χ4v) is 1.17. The van der Waals surface area contributed by atoms with E-state index in [4.69, 9.17) is 5.11 Å². The highest BCUT2D eigenvalue weighted by Gasteiger charge is 2.33. The van der Waals surface area contributed by atoms with Crippen molar-refractivity contribution in [3.63, 3.8) is 0 Å². The fourth-order valence-electron chi connectivity index (χ4n) is 1.17. The van der Waals surface area contributed by atoms with Crippen LogP contribution in [-0.2, 0) is 6.18 Å². The SMILES string of the molecule is Cc1c(C(=O)O)cccc1C(F)(F)F.Cl. The van der Waals surface area contributed by atoms with E-state index >= 15 is 0 Å². The Labute approximate surface area is 90.1 Å². The first kappa shape index (κ1) is 13.8. The summed E-state index contributed by atoms with van der Waals surface area (Å²) in [5.74, 6) is -1.35. The number of hydrogen-bond donors (Lipinski definition) is 1. The number of benzene rings is 1. The number of carbonyl (C=O) groups is 1. The molecule has 6 heteroatoms. The normalized spacial score (nSPS) is 10.7. The van der Waals surface area contributed by atoms with Gasteiger partial charge in [-0.1, -0.05) is 6.07 Å². The van der Waals surface area contributed by atoms with Crippen molar-refractivity contribution >= 4 is 18.4 Å². The molecule has 0 amide bonds. The van der Waals surface area contributed by atoms with Gasteiger partial charge in [-0.2, -0.15) is 13.2 Å². The lowest BCUT2D eigenvalue weighted by Crippen LogP contribution is -2.11. The predicted molar refractivity (Wildman–Crippen MR) is 50.4 cm³/mol. The van der Waals surface area contributed by atoms with Gasteiger partial charge in [0.25, 0.3) is 0 Å². The maximum absolute atomic E-state index is 12.3. The second-order valence-electron chi connectivity index (χ2n) is 2.78. The van der Waals surface area contributed by atoms with Crippen LogP contribution in [0, 0.1) is 6.92 Å². The zero-order valence-electron chi connectivity index (χ0n) is 7.63. The van der Waals surface area contributed by atoms with E-state index in [1.54, 1.807) is 0 Å². The van der Waals surface area contributed by atoms with E-state index in [1.807, 2.05) is 0 Å². The summed E-state index contributed by atoms with van der Waals surface area (Å²) in [7, 11) is 0. The first-order valence-corrected chi connectivity index (χ1v) is 3.74. The smallest absolute Gasteiger partial charge is 0.416 e. The van der Waals surface area contributed by atoms with Crippen molar-refractivity contribution in [2.24, 2.45) is 0 Å². The molecule has 15 heavy (non-hydrogen) atoms. The molecule has 0 unspecified atom stereocenters. The molecular formula is C9H8ClF3O2. The second kappa shape index (κ2) is 4.53. The molecule has 0 atom stereocenters. The van der Waals surface area contributed by atoms with Gasteiger partial charge in [-0.15, -0.1) is 12.4 Å². The zero-order chi connectivity index (χ0) is 10.9. The number of aromatic carboxylic acids is 1. The Morgan fingerprint density at radius 2 is 1.87 bits per heavy atom. The van der Waals surface area contributed by atoms with Crippen LogP contribution in [0.4, 0.5) is 13.2 Å². The van der Waals surface area contributed by atoms with Crippen molar-refractivity contribution in [3.8, 4) is 0 Å². The van der Waals surface area contributed by atoms with Crippen molar-refractivity contribution < 1.29 is 23.1 Å². The van der Waals surface area contributed by atoms with Crippen molar-refractivity contribution in [2.75, 3.05) is 0 Å². The summed E-state index contributed by atoms with van der Waals surface area (Å²) in [4.78, 5) is 10.5. The lowest BCUT2D eigenvalue weighted by Gasteiger charge is -2.11. The molecule has 1 aromatic rings. The topological polar surface area (TPSA) is 37.3 Å². The van der Waals surface area contributed by atoms with Gasteiger partial charge in [-0.3, -0.25) is 0 Å². The molecule has 0 aliphatic carbocycles. The summed E-state index contributed by atoms with van der Waals surface area (Å²) in [5.41, 5.74) is -1.48. The van der Waals surface area contributed by atoms with Crippen molar-refractivity contribution in [1.82, 2.24) is 0 Å². The van der Waals surface area contributed by atoms with E-state index < -0.39 is 17.7 Å². The van der Waals surface area contributed by atoms with Crippen LogP contribution in [0.3, 0.4) is 0 Å². The Bertz CT molecular complexity index is 374. The predicted octanol–water partition coefficient (Wildman–Crippen LogP) is 3.13. The number of hydrogen-bond acceptors (Lipinski definition) is 1. The van der Waals surface area contributed by atoms with Crippen LogP contribution in [0.15, 0.2) is 18.2 Å². The van der Waals surface area contributed by atoms with Gasteiger partial charge in [0.1, 0.15) is 0 Å². The third-order valence-corrected chi connectivity index (χ3v) is 1.87. The summed E-state index contributed by atoms with van der Waals surface area (Å²) < 4.78 is 36.9. The number of carboxylic acids is 1. The fraction of sp³-hybridized carbons (Fsp3) is 0.222. The van der Waals surface area contributed by atoms with Crippen LogP contribution in [0.1, 0.15) is 21.5 Å². The van der Waals surface area contributed by atoms with Gasteiger partial charge in [-0.05, 0) is 24.6 Å². The Morgan fingerprint density at radius 3 is 2.27 bits per heavy atom. The Balaban J connectivity index is 0.00000196. The lowest BCUT2D eigenvalue weighted by atomic mass is 10.0. The minimum Gasteiger partial charge on any atom is -0.478 e. The Kier molecular flexibility index (Phi) is 4.16. The monoisotopic (exact) mass is 240 g/mol. The molecule has 1 N–H and O–H groups in total. The molecular weight excluding hydrogens is 233 g/mol. The molecule has 0 bridgehead atoms. The van der Waals surface area contributed by atoms with E-state index in [-0.39, 0.29) is 23.5 Å². The van der Waals surface area contributed by atoms with Gasteiger partial charge in [0.05, 0.1) is 11.1 Å². The summed E-state index contributed by atoms with van der Waals surface area (Å²) in [6.07, 6.45) is -4.50. The number of carboxylic acid groups (broad SMARTS) is 1. The maximum Gasteiger partial charge on any atom is 0.416 e. The molecule has 0 heterocycles. The summed E-state index contributed by atoms with van der Waals surface area (Å²) in [5, 5.41) is 8.59. The van der Waals surface area contributed by atoms with Crippen LogP contribution >= 0.6 is 12.4 Å². The Morgan fingerprint density at radius 1 is 1.33 bits per heavy atom. The molecule has 0 saturated heterocycles. The average molecular weight is 241 g/mol. The first-order chi connectivity index (χ1) is 6.34. The van der Waals surface area contributed by atoms with Crippen LogP contribution < -0.4 is 0 Å². The quantitative estimate of drug-likeness (QED) is 0.819. The molecule has 0 spiro atoms. The molecule has 0 radical (unpaired) electrons. The Hall–Kier alpha value is -1.23. The van der Waals surface area contributed by atoms with Crippen LogP contribution in [0.5, 0.6) is 0 Å². The molecule has 84 valence electrons. The minimum absolute atomic E-state index is 0. The highest BCUT2D eigenvalue weighted by atomic mass is 35.5. The average Bonchev–Trinajstić information content (AvgIpc) is 2.01. The summed E-state index contributed by atoms with van der Waals surface area (Å²) in [6, 6.07) is 3.09. The summed E-state index contributed by atoms with van der Waals surface area (Å²) >= 11 is 0. The third-order valence-electron chi connectivity index (χ3n) is 1.87. The molecule has 0 aromatic heterocycles. The van der Waals surface area contributed by atoms with Crippen molar-refractivity contribution in [1.29, 1.82) is 0 Å². The first-order valence-electron chi connectivity index (χ1n) is 3.74. The minimum atomic E-state index is -4.50. The zero-order valence-corrected chi connectivity index (χ0v) is 8.45. The van der Waals surface area contributed by atoms with Crippen molar-refractivity contribution in [2.45, 2.75) is 13.1 Å². The number of rotatable bonds is 1. The van der Waals surface area contributed by atoms with Gasteiger partial charge < -0.3 is 5.11 Å². The molecule has 2 nitrogen and oxygen atoms in total.